The molecule has 1 aliphatic heterocycles. The summed E-state index contributed by atoms with van der Waals surface area (Å²) < 4.78 is 34.4. The van der Waals surface area contributed by atoms with Crippen molar-refractivity contribution < 1.29 is 28.2 Å². The number of rotatable bonds is 7. The van der Waals surface area contributed by atoms with Crippen LogP contribution in [0.15, 0.2) is 48.5 Å². The van der Waals surface area contributed by atoms with E-state index in [1.165, 1.54) is 13.8 Å². The van der Waals surface area contributed by atoms with Gasteiger partial charge in [-0.05, 0) is 68.3 Å². The Morgan fingerprint density at radius 3 is 2.43 bits per heavy atom. The summed E-state index contributed by atoms with van der Waals surface area (Å²) in [5, 5.41) is 17.4. The number of hydrogen-bond donors (Lipinski definition) is 1. The number of carboxylic acids is 1. The number of ether oxygens (including phenoxy) is 1. The first-order valence-corrected chi connectivity index (χ1v) is 11.2. The summed E-state index contributed by atoms with van der Waals surface area (Å²) in [7, 11) is 0. The van der Waals surface area contributed by atoms with Gasteiger partial charge in [0.2, 0.25) is 5.91 Å². The number of benzene rings is 2. The zero-order valence-corrected chi connectivity index (χ0v) is 19.6. The third-order valence-electron chi connectivity index (χ3n) is 5.80. The number of carbonyl (C=O) groups excluding carboxylic acids is 1. The Balaban J connectivity index is 1.59. The number of nitrogens with zero attached hydrogens (tertiary/aromatic N) is 3. The lowest BCUT2D eigenvalue weighted by Crippen LogP contribution is -2.25. The molecule has 1 saturated heterocycles. The van der Waals surface area contributed by atoms with Crippen molar-refractivity contribution in [2.75, 3.05) is 6.54 Å². The highest BCUT2D eigenvalue weighted by Gasteiger charge is 2.28. The van der Waals surface area contributed by atoms with Crippen molar-refractivity contribution in [3.05, 3.63) is 71.2 Å². The lowest BCUT2D eigenvalue weighted by molar-refractivity contribution is -0.128. The highest BCUT2D eigenvalue weighted by molar-refractivity contribution is 5.88. The molecule has 35 heavy (non-hydrogen) atoms. The minimum atomic E-state index is -1.59. The van der Waals surface area contributed by atoms with Crippen LogP contribution in [0.25, 0.3) is 11.3 Å². The normalized spacial score (nSPS) is 16.0. The molecular weight excluding hydrogens is 456 g/mol. The van der Waals surface area contributed by atoms with Gasteiger partial charge in [0.1, 0.15) is 23.0 Å². The van der Waals surface area contributed by atoms with Gasteiger partial charge in [-0.1, -0.05) is 6.92 Å². The Morgan fingerprint density at radius 1 is 1.17 bits per heavy atom. The maximum atomic E-state index is 14.4. The van der Waals surface area contributed by atoms with Gasteiger partial charge in [0, 0.05) is 30.6 Å². The fourth-order valence-corrected chi connectivity index (χ4v) is 3.93. The topological polar surface area (TPSA) is 92.6 Å². The van der Waals surface area contributed by atoms with E-state index in [2.05, 4.69) is 10.2 Å². The standard InChI is InChI=1S/C26H25F2N3O4/c1-15-10-24(32)31(13-15)14-17-11-20(27)19(25(33)34)12-22(17)35-18-6-4-16(5-7-18)21-8-9-23(30-29-21)26(2,3)28/h4-9,11-12,15H,10,13-14H2,1-3H3,(H,33,34)/t15-/m0/s1. The molecule has 0 spiro atoms. The fraction of sp³-hybridized carbons (Fsp3) is 0.308. The van der Waals surface area contributed by atoms with E-state index in [1.54, 1.807) is 41.3 Å². The average molecular weight is 481 g/mol. The number of likely N-dealkylation sites (tertiary alicyclic amines) is 1. The predicted molar refractivity (Wildman–Crippen MR) is 124 cm³/mol. The third-order valence-corrected chi connectivity index (χ3v) is 5.80. The highest BCUT2D eigenvalue weighted by Crippen LogP contribution is 2.32. The van der Waals surface area contributed by atoms with Gasteiger partial charge in [0.05, 0.1) is 17.0 Å². The number of aromatic carboxylic acids is 1. The molecule has 0 saturated carbocycles. The minimum Gasteiger partial charge on any atom is -0.478 e. The van der Waals surface area contributed by atoms with E-state index in [1.807, 2.05) is 6.92 Å². The number of halogens is 2. The van der Waals surface area contributed by atoms with Crippen molar-refractivity contribution >= 4 is 11.9 Å². The molecule has 0 radical (unpaired) electrons. The van der Waals surface area contributed by atoms with Crippen LogP contribution in [0.2, 0.25) is 0 Å². The molecule has 0 unspecified atom stereocenters. The third kappa shape index (κ3) is 5.45. The molecule has 1 aromatic heterocycles. The summed E-state index contributed by atoms with van der Waals surface area (Å²) in [6.45, 7) is 5.42. The Labute approximate surface area is 201 Å². The van der Waals surface area contributed by atoms with E-state index in [9.17, 15) is 23.5 Å². The second-order valence-electron chi connectivity index (χ2n) is 9.23. The van der Waals surface area contributed by atoms with Gasteiger partial charge in [0.15, 0.2) is 0 Å². The van der Waals surface area contributed by atoms with Crippen molar-refractivity contribution in [2.45, 2.75) is 39.4 Å². The van der Waals surface area contributed by atoms with Crippen LogP contribution in [0.5, 0.6) is 11.5 Å². The summed E-state index contributed by atoms with van der Waals surface area (Å²) >= 11 is 0. The van der Waals surface area contributed by atoms with Gasteiger partial charge >= 0.3 is 5.97 Å². The second kappa shape index (κ2) is 9.40. The number of carboxylic acid groups (broad SMARTS) is 1. The van der Waals surface area contributed by atoms with Crippen LogP contribution in [-0.2, 0) is 17.0 Å². The largest absolute Gasteiger partial charge is 0.478 e. The van der Waals surface area contributed by atoms with Crippen molar-refractivity contribution in [3.63, 3.8) is 0 Å². The monoisotopic (exact) mass is 481 g/mol. The molecule has 1 N–H and O–H groups in total. The van der Waals surface area contributed by atoms with Gasteiger partial charge in [-0.3, -0.25) is 4.79 Å². The lowest BCUT2D eigenvalue weighted by Gasteiger charge is -2.19. The molecule has 1 atom stereocenters. The van der Waals surface area contributed by atoms with E-state index in [0.717, 1.165) is 17.7 Å². The van der Waals surface area contributed by atoms with Gasteiger partial charge in [0.25, 0.3) is 0 Å². The molecule has 1 fully saturated rings. The number of alkyl halides is 1. The van der Waals surface area contributed by atoms with E-state index < -0.39 is 23.0 Å². The zero-order chi connectivity index (χ0) is 25.3. The molecule has 9 heteroatoms. The van der Waals surface area contributed by atoms with Crippen molar-refractivity contribution in [1.82, 2.24) is 15.1 Å². The molecule has 0 bridgehead atoms. The summed E-state index contributed by atoms with van der Waals surface area (Å²) in [5.74, 6) is -1.63. The molecule has 0 aliphatic carbocycles. The summed E-state index contributed by atoms with van der Waals surface area (Å²) in [5.41, 5.74) is -0.257. The van der Waals surface area contributed by atoms with Gasteiger partial charge < -0.3 is 14.7 Å². The average Bonchev–Trinajstić information content (AvgIpc) is 3.11. The maximum Gasteiger partial charge on any atom is 0.338 e. The van der Waals surface area contributed by atoms with E-state index in [4.69, 9.17) is 4.74 Å². The molecule has 2 aromatic carbocycles. The van der Waals surface area contributed by atoms with Crippen LogP contribution >= 0.6 is 0 Å². The van der Waals surface area contributed by atoms with Crippen LogP contribution in [0.4, 0.5) is 8.78 Å². The molecule has 1 amide bonds. The smallest absolute Gasteiger partial charge is 0.338 e. The van der Waals surface area contributed by atoms with Crippen molar-refractivity contribution in [2.24, 2.45) is 5.92 Å². The molecular formula is C26H25F2N3O4. The van der Waals surface area contributed by atoms with E-state index in [-0.39, 0.29) is 29.8 Å². The molecule has 2 heterocycles. The Hall–Kier alpha value is -3.88. The predicted octanol–water partition coefficient (Wildman–Crippen LogP) is 5.35. The van der Waals surface area contributed by atoms with Crippen molar-refractivity contribution in [1.29, 1.82) is 0 Å². The SMILES string of the molecule is C[C@H]1CC(=O)N(Cc2cc(F)c(C(=O)O)cc2Oc2ccc(-c3ccc(C(C)(C)F)nn3)cc2)C1. The molecule has 3 aromatic rings. The van der Waals surface area contributed by atoms with Crippen LogP contribution < -0.4 is 4.74 Å². The summed E-state index contributed by atoms with van der Waals surface area (Å²) in [6.07, 6.45) is 0.417. The fourth-order valence-electron chi connectivity index (χ4n) is 3.93. The first-order valence-electron chi connectivity index (χ1n) is 11.2. The van der Waals surface area contributed by atoms with Gasteiger partial charge in [-0.2, -0.15) is 10.2 Å². The number of aromatic nitrogens is 2. The van der Waals surface area contributed by atoms with Gasteiger partial charge in [-0.15, -0.1) is 0 Å². The first kappa shape index (κ1) is 24.3. The second-order valence-corrected chi connectivity index (χ2v) is 9.23. The lowest BCUT2D eigenvalue weighted by atomic mass is 10.1. The van der Waals surface area contributed by atoms with E-state index in [0.29, 0.717) is 30.0 Å². The minimum absolute atomic E-state index is 0.0428. The molecule has 1 aliphatic rings. The van der Waals surface area contributed by atoms with Crippen LogP contribution in [0.1, 0.15) is 48.8 Å². The number of amides is 1. The van der Waals surface area contributed by atoms with Gasteiger partial charge in [-0.25, -0.2) is 13.6 Å². The Bertz CT molecular complexity index is 1260. The Morgan fingerprint density at radius 2 is 1.89 bits per heavy atom. The Kier molecular flexibility index (Phi) is 6.51. The molecule has 182 valence electrons. The number of hydrogen-bond acceptors (Lipinski definition) is 5. The molecule has 7 nitrogen and oxygen atoms in total. The quantitative estimate of drug-likeness (QED) is 0.489. The van der Waals surface area contributed by atoms with Crippen LogP contribution in [0, 0.1) is 11.7 Å². The van der Waals surface area contributed by atoms with E-state index >= 15 is 0 Å². The summed E-state index contributed by atoms with van der Waals surface area (Å²) in [4.78, 5) is 25.3. The zero-order valence-electron chi connectivity index (χ0n) is 19.6. The van der Waals surface area contributed by atoms with Crippen LogP contribution in [0.3, 0.4) is 0 Å². The highest BCUT2D eigenvalue weighted by atomic mass is 19.1. The number of carbonyl (C=O) groups is 2. The molecule has 4 rings (SSSR count). The van der Waals surface area contributed by atoms with Crippen LogP contribution in [-0.4, -0.2) is 38.6 Å². The first-order chi connectivity index (χ1) is 16.5. The maximum absolute atomic E-state index is 14.4. The van der Waals surface area contributed by atoms with Crippen molar-refractivity contribution in [3.8, 4) is 22.8 Å². The summed E-state index contributed by atoms with van der Waals surface area (Å²) in [6, 6.07) is 12.2.